The lowest BCUT2D eigenvalue weighted by atomic mass is 10.1. The van der Waals surface area contributed by atoms with Gasteiger partial charge in [-0.3, -0.25) is 0 Å². The zero-order valence-corrected chi connectivity index (χ0v) is 10.6. The highest BCUT2D eigenvalue weighted by Crippen LogP contribution is 2.23. The van der Waals surface area contributed by atoms with Gasteiger partial charge in [0.1, 0.15) is 17.8 Å². The molecule has 0 radical (unpaired) electrons. The van der Waals surface area contributed by atoms with Crippen molar-refractivity contribution in [3.05, 3.63) is 42.0 Å². The van der Waals surface area contributed by atoms with Crippen LogP contribution in [0.1, 0.15) is 5.56 Å². The molecule has 1 heterocycles. The van der Waals surface area contributed by atoms with Crippen LogP contribution >= 0.6 is 0 Å². The van der Waals surface area contributed by atoms with Crippen molar-refractivity contribution < 1.29 is 9.13 Å². The number of hydrogen-bond donors (Lipinski definition) is 2. The van der Waals surface area contributed by atoms with E-state index in [9.17, 15) is 4.39 Å². The Morgan fingerprint density at radius 2 is 2.11 bits per heavy atom. The van der Waals surface area contributed by atoms with Crippen LogP contribution in [-0.2, 0) is 6.42 Å². The summed E-state index contributed by atoms with van der Waals surface area (Å²) in [5, 5.41) is 3.04. The van der Waals surface area contributed by atoms with Crippen molar-refractivity contribution in [2.24, 2.45) is 0 Å². The smallest absolute Gasteiger partial charge is 0.242 e. The molecule has 3 N–H and O–H groups in total. The summed E-state index contributed by atoms with van der Waals surface area (Å²) in [4.78, 5) is 7.90. The molecule has 2 aromatic rings. The molecule has 1 aromatic carbocycles. The van der Waals surface area contributed by atoms with Gasteiger partial charge in [0, 0.05) is 6.54 Å². The Morgan fingerprint density at radius 1 is 1.32 bits per heavy atom. The van der Waals surface area contributed by atoms with Crippen LogP contribution in [0, 0.1) is 5.82 Å². The molecule has 6 heteroatoms. The minimum Gasteiger partial charge on any atom is -0.479 e. The number of aromatic nitrogens is 2. The third-order valence-electron chi connectivity index (χ3n) is 2.69. The lowest BCUT2D eigenvalue weighted by Gasteiger charge is -2.10. The molecule has 0 fully saturated rings. The van der Waals surface area contributed by atoms with Gasteiger partial charge in [0.25, 0.3) is 0 Å². The van der Waals surface area contributed by atoms with Crippen molar-refractivity contribution in [2.45, 2.75) is 6.42 Å². The lowest BCUT2D eigenvalue weighted by molar-refractivity contribution is 0.399. The monoisotopic (exact) mass is 262 g/mol. The second kappa shape index (κ2) is 5.99. The van der Waals surface area contributed by atoms with Gasteiger partial charge >= 0.3 is 0 Å². The highest BCUT2D eigenvalue weighted by molar-refractivity contribution is 5.66. The zero-order valence-electron chi connectivity index (χ0n) is 10.6. The highest BCUT2D eigenvalue weighted by atomic mass is 19.1. The summed E-state index contributed by atoms with van der Waals surface area (Å²) in [5.41, 5.74) is 6.81. The molecule has 0 bridgehead atoms. The largest absolute Gasteiger partial charge is 0.479 e. The van der Waals surface area contributed by atoms with Gasteiger partial charge in [-0.1, -0.05) is 18.2 Å². The number of nitrogen functional groups attached to an aromatic ring is 1. The Hall–Kier alpha value is -2.37. The van der Waals surface area contributed by atoms with E-state index in [1.807, 2.05) is 0 Å². The molecule has 0 spiro atoms. The summed E-state index contributed by atoms with van der Waals surface area (Å²) in [6.45, 7) is 0.519. The van der Waals surface area contributed by atoms with Gasteiger partial charge in [-0.15, -0.1) is 0 Å². The fraction of sp³-hybridized carbons (Fsp3) is 0.231. The highest BCUT2D eigenvalue weighted by Gasteiger charge is 2.08. The Kier molecular flexibility index (Phi) is 4.12. The van der Waals surface area contributed by atoms with E-state index in [-0.39, 0.29) is 5.82 Å². The van der Waals surface area contributed by atoms with Crippen LogP contribution in [0.2, 0.25) is 0 Å². The minimum atomic E-state index is -0.211. The van der Waals surface area contributed by atoms with Crippen molar-refractivity contribution >= 4 is 11.5 Å². The van der Waals surface area contributed by atoms with Gasteiger partial charge in [0.05, 0.1) is 7.11 Å². The molecule has 0 aliphatic heterocycles. The van der Waals surface area contributed by atoms with Gasteiger partial charge in [0.15, 0.2) is 5.82 Å². The van der Waals surface area contributed by atoms with Crippen LogP contribution < -0.4 is 15.8 Å². The van der Waals surface area contributed by atoms with Crippen molar-refractivity contribution in [1.82, 2.24) is 9.97 Å². The van der Waals surface area contributed by atoms with E-state index in [1.165, 1.54) is 19.5 Å². The standard InChI is InChI=1S/C13H15FN4O/c1-19-13-11(15)12(17-8-18-13)16-7-6-9-4-2-3-5-10(9)14/h2-5,8H,6-7,15H2,1H3,(H,16,17,18). The second-order valence-electron chi connectivity index (χ2n) is 3.91. The third-order valence-corrected chi connectivity index (χ3v) is 2.69. The molecule has 0 unspecified atom stereocenters. The zero-order chi connectivity index (χ0) is 13.7. The van der Waals surface area contributed by atoms with Crippen molar-refractivity contribution in [3.8, 4) is 5.88 Å². The molecule has 0 aliphatic carbocycles. The van der Waals surface area contributed by atoms with E-state index in [2.05, 4.69) is 15.3 Å². The molecule has 0 saturated heterocycles. The SMILES string of the molecule is COc1ncnc(NCCc2ccccc2F)c1N. The molecule has 0 amide bonds. The molecule has 5 nitrogen and oxygen atoms in total. The quantitative estimate of drug-likeness (QED) is 0.860. The van der Waals surface area contributed by atoms with Crippen LogP contribution in [0.3, 0.4) is 0 Å². The second-order valence-corrected chi connectivity index (χ2v) is 3.91. The number of nitrogens with one attached hydrogen (secondary N) is 1. The van der Waals surface area contributed by atoms with E-state index in [1.54, 1.807) is 18.2 Å². The maximum absolute atomic E-state index is 13.4. The Morgan fingerprint density at radius 3 is 2.84 bits per heavy atom. The van der Waals surface area contributed by atoms with Gasteiger partial charge in [-0.2, -0.15) is 4.98 Å². The van der Waals surface area contributed by atoms with E-state index in [0.29, 0.717) is 35.9 Å². The number of anilines is 2. The van der Waals surface area contributed by atoms with E-state index in [4.69, 9.17) is 10.5 Å². The van der Waals surface area contributed by atoms with Gasteiger partial charge in [-0.25, -0.2) is 9.37 Å². The summed E-state index contributed by atoms with van der Waals surface area (Å²) in [5.74, 6) is 0.601. The van der Waals surface area contributed by atoms with Crippen molar-refractivity contribution in [1.29, 1.82) is 0 Å². The number of nitrogens with zero attached hydrogens (tertiary/aromatic N) is 2. The van der Waals surface area contributed by atoms with Gasteiger partial charge < -0.3 is 15.8 Å². The Balaban J connectivity index is 1.98. The fourth-order valence-electron chi connectivity index (χ4n) is 1.70. The van der Waals surface area contributed by atoms with E-state index in [0.717, 1.165) is 0 Å². The number of nitrogens with two attached hydrogens (primary N) is 1. The number of ether oxygens (including phenoxy) is 1. The summed E-state index contributed by atoms with van der Waals surface area (Å²) in [6, 6.07) is 6.67. The first-order valence-corrected chi connectivity index (χ1v) is 5.84. The Bertz CT molecular complexity index is 562. The molecular weight excluding hydrogens is 247 g/mol. The molecule has 1 aromatic heterocycles. The third kappa shape index (κ3) is 3.09. The first-order valence-electron chi connectivity index (χ1n) is 5.84. The first-order chi connectivity index (χ1) is 9.22. The molecule has 19 heavy (non-hydrogen) atoms. The Labute approximate surface area is 110 Å². The summed E-state index contributed by atoms with van der Waals surface area (Å²) >= 11 is 0. The van der Waals surface area contributed by atoms with E-state index >= 15 is 0 Å². The van der Waals surface area contributed by atoms with Crippen LogP contribution in [0.15, 0.2) is 30.6 Å². The fourth-order valence-corrected chi connectivity index (χ4v) is 1.70. The summed E-state index contributed by atoms with van der Waals surface area (Å²) in [6.07, 6.45) is 1.90. The molecule has 0 saturated carbocycles. The number of benzene rings is 1. The summed E-state index contributed by atoms with van der Waals surface area (Å²) in [7, 11) is 1.49. The van der Waals surface area contributed by atoms with Crippen molar-refractivity contribution in [2.75, 3.05) is 24.7 Å². The number of methoxy groups -OCH3 is 1. The number of rotatable bonds is 5. The maximum atomic E-state index is 13.4. The maximum Gasteiger partial charge on any atom is 0.242 e. The van der Waals surface area contributed by atoms with Crippen LogP contribution in [0.4, 0.5) is 15.9 Å². The van der Waals surface area contributed by atoms with Crippen LogP contribution in [-0.4, -0.2) is 23.6 Å². The molecule has 100 valence electrons. The predicted octanol–water partition coefficient (Wildman–Crippen LogP) is 1.86. The molecule has 0 atom stereocenters. The van der Waals surface area contributed by atoms with Crippen LogP contribution in [0.25, 0.3) is 0 Å². The van der Waals surface area contributed by atoms with Crippen molar-refractivity contribution in [3.63, 3.8) is 0 Å². The molecule has 2 rings (SSSR count). The summed E-state index contributed by atoms with van der Waals surface area (Å²) < 4.78 is 18.4. The normalized spacial score (nSPS) is 10.2. The minimum absolute atomic E-state index is 0.211. The average molecular weight is 262 g/mol. The van der Waals surface area contributed by atoms with Crippen LogP contribution in [0.5, 0.6) is 5.88 Å². The molecule has 0 aliphatic rings. The number of halogens is 1. The predicted molar refractivity (Wildman–Crippen MR) is 71.6 cm³/mol. The van der Waals surface area contributed by atoms with E-state index < -0.39 is 0 Å². The van der Waals surface area contributed by atoms with Gasteiger partial charge in [0.2, 0.25) is 5.88 Å². The lowest BCUT2D eigenvalue weighted by Crippen LogP contribution is -2.10. The molecular formula is C13H15FN4O. The number of hydrogen-bond acceptors (Lipinski definition) is 5. The first kappa shape index (κ1) is 13.1. The topological polar surface area (TPSA) is 73.1 Å². The van der Waals surface area contributed by atoms with Gasteiger partial charge in [-0.05, 0) is 18.1 Å². The average Bonchev–Trinajstić information content (AvgIpc) is 2.43.